The average Bonchev–Trinajstić information content (AvgIpc) is 3.21. The molecule has 0 bridgehead atoms. The van der Waals surface area contributed by atoms with Crippen LogP contribution < -0.4 is 10.2 Å². The number of nitrogens with zero attached hydrogens (tertiary/aromatic N) is 4. The van der Waals surface area contributed by atoms with Crippen LogP contribution in [0.3, 0.4) is 0 Å². The van der Waals surface area contributed by atoms with E-state index in [-0.39, 0.29) is 5.91 Å². The second-order valence-electron chi connectivity index (χ2n) is 6.89. The largest absolute Gasteiger partial charge is 0.370 e. The summed E-state index contributed by atoms with van der Waals surface area (Å²) < 4.78 is 0.813. The lowest BCUT2D eigenvalue weighted by Crippen LogP contribution is -2.35. The molecule has 0 spiro atoms. The summed E-state index contributed by atoms with van der Waals surface area (Å²) in [5.41, 5.74) is 2.56. The third-order valence-electron chi connectivity index (χ3n) is 4.81. The molecule has 158 valence electrons. The molecule has 0 fully saturated rings. The van der Waals surface area contributed by atoms with Gasteiger partial charge in [-0.1, -0.05) is 47.7 Å². The smallest absolute Gasteiger partial charge is 0.252 e. The maximum Gasteiger partial charge on any atom is 0.252 e. The van der Waals surface area contributed by atoms with Gasteiger partial charge in [0.25, 0.3) is 5.91 Å². The highest BCUT2D eigenvalue weighted by Gasteiger charge is 2.15. The number of fused-ring (bicyclic) bond motifs is 1. The number of likely N-dealkylation sites (N-methyl/N-ethyl adjacent to an activating group) is 1. The van der Waals surface area contributed by atoms with Crippen molar-refractivity contribution in [1.29, 1.82) is 0 Å². The van der Waals surface area contributed by atoms with Crippen molar-refractivity contribution in [2.24, 2.45) is 0 Å². The minimum absolute atomic E-state index is 0.0991. The van der Waals surface area contributed by atoms with E-state index in [1.807, 2.05) is 55.5 Å². The predicted molar refractivity (Wildman–Crippen MR) is 127 cm³/mol. The van der Waals surface area contributed by atoms with Gasteiger partial charge in [0.2, 0.25) is 0 Å². The van der Waals surface area contributed by atoms with Crippen molar-refractivity contribution in [2.45, 2.75) is 23.2 Å². The van der Waals surface area contributed by atoms with Gasteiger partial charge in [0.05, 0.1) is 11.1 Å². The molecule has 1 N–H and O–H groups in total. The molecule has 2 aromatic heterocycles. The van der Waals surface area contributed by atoms with Crippen LogP contribution in [0.1, 0.15) is 22.3 Å². The Hall–Kier alpha value is -2.97. The Morgan fingerprint density at radius 3 is 2.61 bits per heavy atom. The Labute approximate surface area is 189 Å². The molecule has 0 aliphatic carbocycles. The SMILES string of the molecule is CCN(CCNC(=O)c1cc(Sc2nnc(C)s2)nc2ccccc12)c1ccccc1. The van der Waals surface area contributed by atoms with Crippen LogP contribution in [0, 0.1) is 6.92 Å². The molecule has 2 heterocycles. The number of rotatable bonds is 8. The highest BCUT2D eigenvalue weighted by molar-refractivity contribution is 8.01. The van der Waals surface area contributed by atoms with Gasteiger partial charge in [0, 0.05) is 30.7 Å². The summed E-state index contributed by atoms with van der Waals surface area (Å²) in [6.45, 7) is 6.20. The van der Waals surface area contributed by atoms with E-state index in [1.165, 1.54) is 23.1 Å². The number of pyridine rings is 1. The highest BCUT2D eigenvalue weighted by Crippen LogP contribution is 2.31. The molecule has 0 unspecified atom stereocenters. The van der Waals surface area contributed by atoms with E-state index in [4.69, 9.17) is 4.98 Å². The van der Waals surface area contributed by atoms with Crippen LogP contribution in [0.4, 0.5) is 5.69 Å². The van der Waals surface area contributed by atoms with Gasteiger partial charge in [-0.15, -0.1) is 10.2 Å². The van der Waals surface area contributed by atoms with Crippen molar-refractivity contribution in [3.8, 4) is 0 Å². The van der Waals surface area contributed by atoms with Gasteiger partial charge in [0.1, 0.15) is 10.0 Å². The number of amides is 1. The zero-order chi connectivity index (χ0) is 21.6. The minimum atomic E-state index is -0.0991. The van der Waals surface area contributed by atoms with Crippen LogP contribution in [0.5, 0.6) is 0 Å². The van der Waals surface area contributed by atoms with E-state index in [9.17, 15) is 4.79 Å². The van der Waals surface area contributed by atoms with E-state index in [1.54, 1.807) is 0 Å². The summed E-state index contributed by atoms with van der Waals surface area (Å²) in [5.74, 6) is -0.0991. The molecule has 0 saturated heterocycles. The van der Waals surface area contributed by atoms with Crippen LogP contribution in [0.15, 0.2) is 70.0 Å². The van der Waals surface area contributed by atoms with E-state index in [2.05, 4.69) is 39.5 Å². The minimum Gasteiger partial charge on any atom is -0.370 e. The first kappa shape index (κ1) is 21.3. The van der Waals surface area contributed by atoms with Gasteiger partial charge in [0.15, 0.2) is 4.34 Å². The van der Waals surface area contributed by atoms with Gasteiger partial charge in [-0.3, -0.25) is 4.79 Å². The fourth-order valence-corrected chi connectivity index (χ4v) is 5.09. The molecule has 0 atom stereocenters. The molecule has 0 aliphatic rings. The first-order valence-electron chi connectivity index (χ1n) is 10.1. The number of hydrogen-bond acceptors (Lipinski definition) is 7. The highest BCUT2D eigenvalue weighted by atomic mass is 32.2. The molecular weight excluding hydrogens is 426 g/mol. The topological polar surface area (TPSA) is 71.0 Å². The molecule has 0 radical (unpaired) electrons. The van der Waals surface area contributed by atoms with E-state index < -0.39 is 0 Å². The van der Waals surface area contributed by atoms with Crippen molar-refractivity contribution >= 4 is 45.6 Å². The van der Waals surface area contributed by atoms with Crippen LogP contribution >= 0.6 is 23.1 Å². The second-order valence-corrected chi connectivity index (χ2v) is 9.33. The summed E-state index contributed by atoms with van der Waals surface area (Å²) in [6, 6.07) is 19.8. The van der Waals surface area contributed by atoms with Crippen molar-refractivity contribution in [3.05, 3.63) is 71.2 Å². The van der Waals surface area contributed by atoms with E-state index in [0.717, 1.165) is 44.1 Å². The van der Waals surface area contributed by atoms with Gasteiger partial charge in [-0.2, -0.15) is 0 Å². The Morgan fingerprint density at radius 1 is 1.10 bits per heavy atom. The number of benzene rings is 2. The quantitative estimate of drug-likeness (QED) is 0.417. The summed E-state index contributed by atoms with van der Waals surface area (Å²) in [4.78, 5) is 20.0. The summed E-state index contributed by atoms with van der Waals surface area (Å²) in [7, 11) is 0. The van der Waals surface area contributed by atoms with Gasteiger partial charge >= 0.3 is 0 Å². The Bertz CT molecular complexity index is 1180. The number of aromatic nitrogens is 3. The van der Waals surface area contributed by atoms with Crippen molar-refractivity contribution in [1.82, 2.24) is 20.5 Å². The van der Waals surface area contributed by atoms with Gasteiger partial charge in [-0.05, 0) is 49.9 Å². The van der Waals surface area contributed by atoms with Crippen molar-refractivity contribution in [2.75, 3.05) is 24.5 Å². The number of nitrogens with one attached hydrogen (secondary N) is 1. The lowest BCUT2D eigenvalue weighted by molar-refractivity contribution is 0.0956. The van der Waals surface area contributed by atoms with E-state index in [0.29, 0.717) is 12.1 Å². The third-order valence-corrected chi connectivity index (χ3v) is 6.61. The zero-order valence-electron chi connectivity index (χ0n) is 17.4. The van der Waals surface area contributed by atoms with Gasteiger partial charge < -0.3 is 10.2 Å². The van der Waals surface area contributed by atoms with E-state index >= 15 is 0 Å². The molecule has 8 heteroatoms. The molecule has 6 nitrogen and oxygen atoms in total. The number of aryl methyl sites for hydroxylation is 1. The Morgan fingerprint density at radius 2 is 1.87 bits per heavy atom. The van der Waals surface area contributed by atoms with Crippen LogP contribution in [-0.4, -0.2) is 40.7 Å². The molecule has 4 aromatic rings. The fourth-order valence-electron chi connectivity index (χ4n) is 3.31. The van der Waals surface area contributed by atoms with Crippen LogP contribution in [-0.2, 0) is 0 Å². The monoisotopic (exact) mass is 449 g/mol. The maximum absolute atomic E-state index is 13.1. The Kier molecular flexibility index (Phi) is 6.79. The number of carbonyl (C=O) groups is 1. The average molecular weight is 450 g/mol. The molecule has 0 saturated carbocycles. The lowest BCUT2D eigenvalue weighted by Gasteiger charge is -2.23. The normalized spacial score (nSPS) is 10.9. The first-order chi connectivity index (χ1) is 15.1. The lowest BCUT2D eigenvalue weighted by atomic mass is 10.1. The van der Waals surface area contributed by atoms with Crippen molar-refractivity contribution in [3.63, 3.8) is 0 Å². The number of carbonyl (C=O) groups excluding carboxylic acids is 1. The zero-order valence-corrected chi connectivity index (χ0v) is 19.0. The Balaban J connectivity index is 1.51. The predicted octanol–water partition coefficient (Wildman–Crippen LogP) is 4.80. The molecule has 31 heavy (non-hydrogen) atoms. The second kappa shape index (κ2) is 9.89. The molecule has 2 aromatic carbocycles. The third kappa shape index (κ3) is 5.21. The summed E-state index contributed by atoms with van der Waals surface area (Å²) >= 11 is 2.94. The molecular formula is C23H23N5OS2. The summed E-state index contributed by atoms with van der Waals surface area (Å²) in [5, 5.41) is 13.8. The standard InChI is InChI=1S/C23H23N5OS2/c1-3-28(17-9-5-4-6-10-17)14-13-24-22(29)19-15-21(31-23-27-26-16(2)30-23)25-20-12-8-7-11-18(19)20/h4-12,15H,3,13-14H2,1-2H3,(H,24,29). The number of para-hydroxylation sites is 2. The fraction of sp³-hybridized carbons (Fsp3) is 0.217. The van der Waals surface area contributed by atoms with Crippen LogP contribution in [0.2, 0.25) is 0 Å². The first-order valence-corrected chi connectivity index (χ1v) is 11.7. The molecule has 0 aliphatic heterocycles. The van der Waals surface area contributed by atoms with Crippen LogP contribution in [0.25, 0.3) is 10.9 Å². The summed E-state index contributed by atoms with van der Waals surface area (Å²) in [6.07, 6.45) is 0. The molecule has 1 amide bonds. The number of hydrogen-bond donors (Lipinski definition) is 1. The maximum atomic E-state index is 13.1. The molecule has 4 rings (SSSR count). The van der Waals surface area contributed by atoms with Crippen molar-refractivity contribution < 1.29 is 4.79 Å². The van der Waals surface area contributed by atoms with Gasteiger partial charge in [-0.25, -0.2) is 4.98 Å². The number of anilines is 1.